The molecule has 0 amide bonds. The molecule has 0 bridgehead atoms. The van der Waals surface area contributed by atoms with Crippen LogP contribution in [0.1, 0.15) is 0 Å². The number of hydrogen-bond donors (Lipinski definition) is 3. The summed E-state index contributed by atoms with van der Waals surface area (Å²) < 4.78 is 8.88. The lowest BCUT2D eigenvalue weighted by Gasteiger charge is -1.82. The molecule has 0 unspecified atom stereocenters. The van der Waals surface area contributed by atoms with Crippen molar-refractivity contribution in [3.63, 3.8) is 0 Å². The summed E-state index contributed by atoms with van der Waals surface area (Å²) in [6.45, 7) is 0. The van der Waals surface area contributed by atoms with E-state index in [1.165, 1.54) is 0 Å². The fraction of sp³-hybridized carbons (Fsp3) is 0. The van der Waals surface area contributed by atoms with E-state index < -0.39 is 7.82 Å². The number of rotatable bonds is 0. The van der Waals surface area contributed by atoms with Gasteiger partial charge in [0.2, 0.25) is 0 Å². The van der Waals surface area contributed by atoms with Crippen LogP contribution < -0.4 is 0 Å². The van der Waals surface area contributed by atoms with Crippen LogP contribution in [0.15, 0.2) is 0 Å². The number of phosphoric acid groups is 1. The zero-order valence-electron chi connectivity index (χ0n) is 4.00. The molecule has 3 N–H and O–H groups in total. The zero-order valence-corrected chi connectivity index (χ0v) is 4.89. The van der Waals surface area contributed by atoms with Gasteiger partial charge in [-0.25, -0.2) is 4.57 Å². The standard InChI is InChI=1S/B.3FH.H3O4P/c;;;;1-5(2,3)4/h;3*1H;(H3,1,2,3,4). The van der Waals surface area contributed by atoms with Crippen molar-refractivity contribution < 1.29 is 33.4 Å². The first-order valence-corrected chi connectivity index (χ1v) is 2.35. The monoisotopic (exact) mass is 169 g/mol. The molecular weight excluding hydrogens is 163 g/mol. The third kappa shape index (κ3) is 230000. The van der Waals surface area contributed by atoms with Gasteiger partial charge in [-0.05, 0) is 0 Å². The molecule has 0 saturated carbocycles. The smallest absolute Gasteiger partial charge is 0.303 e. The van der Waals surface area contributed by atoms with Crippen LogP contribution in [0.2, 0.25) is 0 Å². The second-order valence-corrected chi connectivity index (χ2v) is 1.54. The van der Waals surface area contributed by atoms with Gasteiger partial charge in [0.15, 0.2) is 0 Å². The fourth-order valence-electron chi connectivity index (χ4n) is 0. The normalized spacial score (nSPS) is 6.56. The van der Waals surface area contributed by atoms with Gasteiger partial charge in [-0.3, -0.25) is 14.1 Å². The van der Waals surface area contributed by atoms with Gasteiger partial charge in [-0.2, -0.15) is 0 Å². The van der Waals surface area contributed by atoms with Crippen molar-refractivity contribution in [1.82, 2.24) is 0 Å². The van der Waals surface area contributed by atoms with E-state index in [0.29, 0.717) is 0 Å². The average Bonchev–Trinajstić information content (AvgIpc) is 0.722. The molecule has 0 aromatic rings. The third-order valence-corrected chi connectivity index (χ3v) is 0. The zero-order chi connectivity index (χ0) is 4.50. The summed E-state index contributed by atoms with van der Waals surface area (Å²) in [5, 5.41) is 0. The van der Waals surface area contributed by atoms with E-state index in [2.05, 4.69) is 0 Å². The van der Waals surface area contributed by atoms with Gasteiger partial charge in [-0.1, -0.05) is 0 Å². The summed E-state index contributed by atoms with van der Waals surface area (Å²) in [5.74, 6) is 0. The Kier molecular flexibility index (Phi) is 43.7. The Labute approximate surface area is 50.8 Å². The van der Waals surface area contributed by atoms with Crippen molar-refractivity contribution in [1.29, 1.82) is 0 Å². The van der Waals surface area contributed by atoms with Crippen LogP contribution in [0, 0.1) is 0 Å². The van der Waals surface area contributed by atoms with E-state index in [4.69, 9.17) is 19.2 Å². The molecular formula is H6BF3O4P. The molecule has 0 spiro atoms. The van der Waals surface area contributed by atoms with E-state index in [1.807, 2.05) is 0 Å². The maximum Gasteiger partial charge on any atom is 0.466 e. The van der Waals surface area contributed by atoms with Gasteiger partial charge in [0.05, 0.1) is 0 Å². The minimum Gasteiger partial charge on any atom is -0.303 e. The van der Waals surface area contributed by atoms with E-state index in [9.17, 15) is 0 Å². The largest absolute Gasteiger partial charge is 0.466 e. The summed E-state index contributed by atoms with van der Waals surface area (Å²) in [4.78, 5) is 21.6. The van der Waals surface area contributed by atoms with Crippen molar-refractivity contribution in [3.05, 3.63) is 0 Å². The molecule has 0 fully saturated rings. The maximum absolute atomic E-state index is 8.88. The SMILES string of the molecule is F.F.F.O=P(O)(O)O.[B]. The molecule has 59 valence electrons. The summed E-state index contributed by atoms with van der Waals surface area (Å²) in [6.07, 6.45) is 0. The predicted molar refractivity (Wildman–Crippen MR) is 27.5 cm³/mol. The van der Waals surface area contributed by atoms with Crippen molar-refractivity contribution >= 4 is 16.2 Å². The van der Waals surface area contributed by atoms with Crippen LogP contribution in [0.3, 0.4) is 0 Å². The molecule has 0 aliphatic carbocycles. The van der Waals surface area contributed by atoms with Crippen LogP contribution >= 0.6 is 7.82 Å². The average molecular weight is 169 g/mol. The van der Waals surface area contributed by atoms with Crippen LogP contribution in [-0.4, -0.2) is 23.1 Å². The highest BCUT2D eigenvalue weighted by molar-refractivity contribution is 7.45. The predicted octanol–water partition coefficient (Wildman–Crippen LogP) is -0.852. The lowest BCUT2D eigenvalue weighted by molar-refractivity contribution is 0.275. The highest BCUT2D eigenvalue weighted by Crippen LogP contribution is 2.25. The summed E-state index contributed by atoms with van der Waals surface area (Å²) >= 11 is 0. The lowest BCUT2D eigenvalue weighted by Crippen LogP contribution is -1.66. The van der Waals surface area contributed by atoms with Crippen LogP contribution in [0.5, 0.6) is 0 Å². The maximum atomic E-state index is 8.88. The Morgan fingerprint density at radius 2 is 0.889 bits per heavy atom. The molecule has 0 rings (SSSR count). The summed E-state index contributed by atoms with van der Waals surface area (Å²) in [7, 11) is -4.64. The Balaban J connectivity index is -0.0000000133. The molecule has 0 heterocycles. The Morgan fingerprint density at radius 3 is 0.889 bits per heavy atom. The second-order valence-electron chi connectivity index (χ2n) is 0.513. The first-order chi connectivity index (χ1) is 2.00. The van der Waals surface area contributed by atoms with Crippen molar-refractivity contribution in [2.45, 2.75) is 0 Å². The minimum absolute atomic E-state index is 0. The summed E-state index contributed by atoms with van der Waals surface area (Å²) in [6, 6.07) is 0. The first kappa shape index (κ1) is 36.2. The molecule has 9 heteroatoms. The van der Waals surface area contributed by atoms with Gasteiger partial charge >= 0.3 is 7.82 Å². The molecule has 0 aliphatic rings. The highest BCUT2D eigenvalue weighted by Gasteiger charge is 2.00. The molecule has 0 aromatic heterocycles. The Hall–Kier alpha value is -0.0351. The third-order valence-electron chi connectivity index (χ3n) is 0. The second kappa shape index (κ2) is 10.9. The molecule has 0 aliphatic heterocycles. The Morgan fingerprint density at radius 1 is 0.889 bits per heavy atom. The number of halogens is 3. The van der Waals surface area contributed by atoms with E-state index in [-0.39, 0.29) is 22.5 Å². The van der Waals surface area contributed by atoms with Crippen molar-refractivity contribution in [3.8, 4) is 0 Å². The fourth-order valence-corrected chi connectivity index (χ4v) is 0. The van der Waals surface area contributed by atoms with Gasteiger partial charge < -0.3 is 14.7 Å². The highest BCUT2D eigenvalue weighted by atomic mass is 31.2. The molecule has 3 radical (unpaired) electrons. The lowest BCUT2D eigenvalue weighted by atomic mass is 10.8. The van der Waals surface area contributed by atoms with Gasteiger partial charge in [-0.15, -0.1) is 0 Å². The van der Waals surface area contributed by atoms with Crippen molar-refractivity contribution in [2.24, 2.45) is 0 Å². The Bertz CT molecular complexity index is 61.9. The quantitative estimate of drug-likeness (QED) is 0.325. The molecule has 0 aromatic carbocycles. The van der Waals surface area contributed by atoms with Crippen LogP contribution in [-0.2, 0) is 4.57 Å². The molecule has 0 atom stereocenters. The first-order valence-electron chi connectivity index (χ1n) is 0.783. The van der Waals surface area contributed by atoms with Crippen molar-refractivity contribution in [2.75, 3.05) is 0 Å². The van der Waals surface area contributed by atoms with Crippen LogP contribution in [0.25, 0.3) is 0 Å². The molecule has 4 nitrogen and oxygen atoms in total. The van der Waals surface area contributed by atoms with E-state index in [0.717, 1.165) is 0 Å². The minimum atomic E-state index is -4.64. The molecule has 0 saturated heterocycles. The van der Waals surface area contributed by atoms with Crippen LogP contribution in [0.4, 0.5) is 14.1 Å². The topological polar surface area (TPSA) is 77.8 Å². The summed E-state index contributed by atoms with van der Waals surface area (Å²) in [5.41, 5.74) is 0. The molecule has 9 heavy (non-hydrogen) atoms. The van der Waals surface area contributed by atoms with Gasteiger partial charge in [0, 0.05) is 8.41 Å². The number of hydrogen-bond acceptors (Lipinski definition) is 1. The van der Waals surface area contributed by atoms with Gasteiger partial charge in [0.1, 0.15) is 0 Å². The van der Waals surface area contributed by atoms with Gasteiger partial charge in [0.25, 0.3) is 0 Å². The van der Waals surface area contributed by atoms with E-state index >= 15 is 0 Å². The van der Waals surface area contributed by atoms with E-state index in [1.54, 1.807) is 0 Å².